The Kier molecular flexibility index (Phi) is 4.87. The fourth-order valence-electron chi connectivity index (χ4n) is 3.42. The summed E-state index contributed by atoms with van der Waals surface area (Å²) in [6.07, 6.45) is 4.25. The van der Waals surface area contributed by atoms with Crippen LogP contribution in [0.3, 0.4) is 0 Å². The zero-order valence-corrected chi connectivity index (χ0v) is 14.8. The van der Waals surface area contributed by atoms with Gasteiger partial charge in [0.25, 0.3) is 5.91 Å². The molecule has 0 atom stereocenters. The number of benzene rings is 2. The van der Waals surface area contributed by atoms with E-state index >= 15 is 0 Å². The number of esters is 1. The molecule has 1 saturated carbocycles. The van der Waals surface area contributed by atoms with Crippen molar-refractivity contribution in [2.45, 2.75) is 31.7 Å². The first kappa shape index (κ1) is 17.3. The maximum Gasteiger partial charge on any atom is 0.338 e. The highest BCUT2D eigenvalue weighted by molar-refractivity contribution is 5.99. The van der Waals surface area contributed by atoms with Gasteiger partial charge >= 0.3 is 5.97 Å². The van der Waals surface area contributed by atoms with Crippen LogP contribution in [0.15, 0.2) is 53.1 Å². The molecule has 1 fully saturated rings. The van der Waals surface area contributed by atoms with Crippen molar-refractivity contribution in [3.05, 3.63) is 54.1 Å². The molecule has 0 bridgehead atoms. The molecule has 1 heterocycles. The Morgan fingerprint density at radius 3 is 2.67 bits per heavy atom. The van der Waals surface area contributed by atoms with E-state index in [4.69, 9.17) is 9.26 Å². The molecule has 0 aliphatic heterocycles. The zero-order chi connectivity index (χ0) is 18.6. The van der Waals surface area contributed by atoms with Crippen LogP contribution >= 0.6 is 0 Å². The van der Waals surface area contributed by atoms with Gasteiger partial charge in [0.1, 0.15) is 5.52 Å². The van der Waals surface area contributed by atoms with Gasteiger partial charge in [-0.05, 0) is 31.0 Å². The number of ether oxygens (including phenoxy) is 1. The van der Waals surface area contributed by atoms with E-state index in [1.54, 1.807) is 18.2 Å². The topological polar surface area (TPSA) is 81.4 Å². The van der Waals surface area contributed by atoms with Gasteiger partial charge in [-0.2, -0.15) is 0 Å². The molecule has 1 aliphatic carbocycles. The smallest absolute Gasteiger partial charge is 0.338 e. The quantitative estimate of drug-likeness (QED) is 0.698. The highest BCUT2D eigenvalue weighted by Crippen LogP contribution is 2.29. The third-order valence-electron chi connectivity index (χ3n) is 4.80. The van der Waals surface area contributed by atoms with Gasteiger partial charge in [-0.3, -0.25) is 4.79 Å². The Morgan fingerprint density at radius 2 is 1.89 bits per heavy atom. The average molecular weight is 364 g/mol. The largest absolute Gasteiger partial charge is 0.452 e. The van der Waals surface area contributed by atoms with E-state index in [0.29, 0.717) is 16.8 Å². The normalized spacial score (nSPS) is 14.4. The minimum Gasteiger partial charge on any atom is -0.452 e. The van der Waals surface area contributed by atoms with Crippen molar-refractivity contribution in [3.8, 4) is 11.3 Å². The first-order valence-electron chi connectivity index (χ1n) is 9.12. The molecular formula is C21H20N2O4. The number of hydrogen-bond acceptors (Lipinski definition) is 5. The van der Waals surface area contributed by atoms with Gasteiger partial charge in [0, 0.05) is 11.6 Å². The third kappa shape index (κ3) is 3.84. The minimum atomic E-state index is -0.543. The summed E-state index contributed by atoms with van der Waals surface area (Å²) in [7, 11) is 0. The molecule has 1 N–H and O–H groups in total. The summed E-state index contributed by atoms with van der Waals surface area (Å²) in [5.74, 6) is -0.204. The number of carbonyl (C=O) groups excluding carboxylic acids is 2. The molecule has 1 amide bonds. The highest BCUT2D eigenvalue weighted by Gasteiger charge is 2.19. The van der Waals surface area contributed by atoms with E-state index < -0.39 is 5.97 Å². The SMILES string of the molecule is O=C(COC(=O)c1ccc2noc(-c3ccccc3)c2c1)NC1CCCC1. The molecular weight excluding hydrogens is 344 g/mol. The van der Waals surface area contributed by atoms with E-state index in [-0.39, 0.29) is 18.6 Å². The molecule has 0 spiro atoms. The second-order valence-corrected chi connectivity index (χ2v) is 6.73. The third-order valence-corrected chi connectivity index (χ3v) is 4.80. The molecule has 138 valence electrons. The van der Waals surface area contributed by atoms with Gasteiger partial charge in [-0.1, -0.05) is 48.3 Å². The Labute approximate surface area is 156 Å². The van der Waals surface area contributed by atoms with Crippen LogP contribution in [0.4, 0.5) is 0 Å². The fourth-order valence-corrected chi connectivity index (χ4v) is 3.42. The maximum absolute atomic E-state index is 12.3. The lowest BCUT2D eigenvalue weighted by Crippen LogP contribution is -2.35. The summed E-state index contributed by atoms with van der Waals surface area (Å²) in [5.41, 5.74) is 1.89. The summed E-state index contributed by atoms with van der Waals surface area (Å²) < 4.78 is 10.6. The molecule has 6 heteroatoms. The van der Waals surface area contributed by atoms with Gasteiger partial charge in [-0.25, -0.2) is 4.79 Å². The number of hydrogen-bond donors (Lipinski definition) is 1. The van der Waals surface area contributed by atoms with Crippen LogP contribution in [0.25, 0.3) is 22.2 Å². The van der Waals surface area contributed by atoms with Gasteiger partial charge in [0.2, 0.25) is 0 Å². The minimum absolute atomic E-state index is 0.206. The Balaban J connectivity index is 1.46. The Morgan fingerprint density at radius 1 is 1.11 bits per heavy atom. The van der Waals surface area contributed by atoms with E-state index in [1.165, 1.54) is 0 Å². The highest BCUT2D eigenvalue weighted by atomic mass is 16.5. The van der Waals surface area contributed by atoms with Crippen molar-refractivity contribution in [1.29, 1.82) is 0 Å². The number of amides is 1. The van der Waals surface area contributed by atoms with Gasteiger partial charge in [0.15, 0.2) is 12.4 Å². The Bertz CT molecular complexity index is 959. The van der Waals surface area contributed by atoms with Gasteiger partial charge < -0.3 is 14.6 Å². The van der Waals surface area contributed by atoms with Crippen LogP contribution in [0, 0.1) is 0 Å². The second-order valence-electron chi connectivity index (χ2n) is 6.73. The number of rotatable bonds is 5. The predicted octanol–water partition coefficient (Wildman–Crippen LogP) is 3.71. The van der Waals surface area contributed by atoms with Crippen molar-refractivity contribution >= 4 is 22.8 Å². The summed E-state index contributed by atoms with van der Waals surface area (Å²) in [4.78, 5) is 24.3. The average Bonchev–Trinajstić information content (AvgIpc) is 3.36. The molecule has 4 rings (SSSR count). The number of nitrogens with zero attached hydrogens (tertiary/aromatic N) is 1. The number of carbonyl (C=O) groups is 2. The molecule has 0 radical (unpaired) electrons. The van der Waals surface area contributed by atoms with Crippen molar-refractivity contribution in [2.24, 2.45) is 0 Å². The van der Waals surface area contributed by atoms with E-state index in [2.05, 4.69) is 10.5 Å². The van der Waals surface area contributed by atoms with Crippen LogP contribution in [0.2, 0.25) is 0 Å². The zero-order valence-electron chi connectivity index (χ0n) is 14.8. The second kappa shape index (κ2) is 7.61. The fraction of sp³-hybridized carbons (Fsp3) is 0.286. The molecule has 0 saturated heterocycles. The van der Waals surface area contributed by atoms with Crippen LogP contribution in [0.5, 0.6) is 0 Å². The lowest BCUT2D eigenvalue weighted by Gasteiger charge is -2.11. The molecule has 2 aromatic carbocycles. The summed E-state index contributed by atoms with van der Waals surface area (Å²) in [6, 6.07) is 14.8. The number of nitrogens with one attached hydrogen (secondary N) is 1. The lowest BCUT2D eigenvalue weighted by molar-refractivity contribution is -0.124. The first-order chi connectivity index (χ1) is 13.2. The summed E-state index contributed by atoms with van der Waals surface area (Å²) >= 11 is 0. The first-order valence-corrected chi connectivity index (χ1v) is 9.12. The van der Waals surface area contributed by atoms with Crippen molar-refractivity contribution < 1.29 is 18.8 Å². The van der Waals surface area contributed by atoms with Crippen LogP contribution in [-0.4, -0.2) is 29.7 Å². The molecule has 0 unspecified atom stereocenters. The van der Waals surface area contributed by atoms with Crippen LogP contribution in [-0.2, 0) is 9.53 Å². The molecule has 3 aromatic rings. The molecule has 27 heavy (non-hydrogen) atoms. The van der Waals surface area contributed by atoms with Gasteiger partial charge in [-0.15, -0.1) is 0 Å². The molecule has 1 aromatic heterocycles. The van der Waals surface area contributed by atoms with E-state index in [0.717, 1.165) is 36.6 Å². The Hall–Kier alpha value is -3.15. The molecule has 1 aliphatic rings. The molecule has 6 nitrogen and oxygen atoms in total. The van der Waals surface area contributed by atoms with Gasteiger partial charge in [0.05, 0.1) is 10.9 Å². The predicted molar refractivity (Wildman–Crippen MR) is 100 cm³/mol. The standard InChI is InChI=1S/C21H20N2O4/c24-19(22-16-8-4-5-9-16)13-26-21(25)15-10-11-18-17(12-15)20(27-23-18)14-6-2-1-3-7-14/h1-3,6-7,10-12,16H,4-5,8-9,13H2,(H,22,24). The monoisotopic (exact) mass is 364 g/mol. The van der Waals surface area contributed by atoms with E-state index in [1.807, 2.05) is 30.3 Å². The van der Waals surface area contributed by atoms with Crippen LogP contribution in [0.1, 0.15) is 36.0 Å². The van der Waals surface area contributed by atoms with Crippen molar-refractivity contribution in [2.75, 3.05) is 6.61 Å². The maximum atomic E-state index is 12.3. The summed E-state index contributed by atoms with van der Waals surface area (Å²) in [6.45, 7) is -0.275. The van der Waals surface area contributed by atoms with Crippen molar-refractivity contribution in [1.82, 2.24) is 10.5 Å². The number of aromatic nitrogens is 1. The summed E-state index contributed by atoms with van der Waals surface area (Å²) in [5, 5.41) is 7.66. The van der Waals surface area contributed by atoms with E-state index in [9.17, 15) is 9.59 Å². The lowest BCUT2D eigenvalue weighted by atomic mass is 10.1. The van der Waals surface area contributed by atoms with Crippen molar-refractivity contribution in [3.63, 3.8) is 0 Å². The number of fused-ring (bicyclic) bond motifs is 1. The van der Waals surface area contributed by atoms with Crippen LogP contribution < -0.4 is 5.32 Å².